The van der Waals surface area contributed by atoms with Crippen molar-refractivity contribution in [3.8, 4) is 0 Å². The lowest BCUT2D eigenvalue weighted by molar-refractivity contribution is -0.142. The maximum absolute atomic E-state index is 13.6. The van der Waals surface area contributed by atoms with Gasteiger partial charge in [-0.15, -0.1) is 0 Å². The third-order valence-corrected chi connectivity index (χ3v) is 9.03. The number of nitrogens with two attached hydrogens (primary N) is 6. The summed E-state index contributed by atoms with van der Waals surface area (Å²) in [6.07, 6.45) is -1.21. The van der Waals surface area contributed by atoms with Gasteiger partial charge in [-0.2, -0.15) is 0 Å². The molecular weight excluding hydrogens is 848 g/mol. The molecule has 362 valence electrons. The zero-order chi connectivity index (χ0) is 49.1. The van der Waals surface area contributed by atoms with Crippen LogP contribution in [0.5, 0.6) is 0 Å². The second-order valence-electron chi connectivity index (χ2n) is 15.2. The van der Waals surface area contributed by atoms with Crippen molar-refractivity contribution in [1.29, 1.82) is 0 Å². The first-order chi connectivity index (χ1) is 29.9. The number of hydrogen-bond acceptors (Lipinski definition) is 14. The van der Waals surface area contributed by atoms with Crippen LogP contribution < -0.4 is 71.6 Å². The van der Waals surface area contributed by atoms with Crippen molar-refractivity contribution in [2.24, 2.45) is 45.3 Å². The zero-order valence-corrected chi connectivity index (χ0v) is 36.3. The van der Waals surface area contributed by atoms with Gasteiger partial charge in [0.2, 0.25) is 53.2 Å². The van der Waals surface area contributed by atoms with Gasteiger partial charge in [0, 0.05) is 19.4 Å². The molecule has 0 rings (SSSR count). The minimum atomic E-state index is -1.69. The fourth-order valence-electron chi connectivity index (χ4n) is 5.64. The molecule has 0 aliphatic carbocycles. The van der Waals surface area contributed by atoms with E-state index in [0.29, 0.717) is 19.4 Å². The minimum Gasteiger partial charge on any atom is -0.481 e. The van der Waals surface area contributed by atoms with Crippen LogP contribution in [0.15, 0.2) is 4.99 Å². The van der Waals surface area contributed by atoms with Crippen LogP contribution in [0.3, 0.4) is 0 Å². The number of amides is 9. The molecule has 0 aromatic carbocycles. The molecule has 0 heterocycles. The Morgan fingerprint density at radius 2 is 1.09 bits per heavy atom. The predicted molar refractivity (Wildman–Crippen MR) is 227 cm³/mol. The van der Waals surface area contributed by atoms with Crippen molar-refractivity contribution in [2.75, 3.05) is 19.6 Å². The molecule has 0 saturated carbocycles. The molecule has 64 heavy (non-hydrogen) atoms. The van der Waals surface area contributed by atoms with E-state index in [9.17, 15) is 57.8 Å². The molecule has 0 fully saturated rings. The number of primary amides is 2. The third-order valence-electron chi connectivity index (χ3n) is 9.03. The molecule has 27 nitrogen and oxygen atoms in total. The Morgan fingerprint density at radius 1 is 0.562 bits per heavy atom. The summed E-state index contributed by atoms with van der Waals surface area (Å²) in [5, 5.41) is 35.0. The van der Waals surface area contributed by atoms with E-state index in [1.54, 1.807) is 13.8 Å². The summed E-state index contributed by atoms with van der Waals surface area (Å²) in [7, 11) is 0. The van der Waals surface area contributed by atoms with E-state index < -0.39 is 127 Å². The number of nitrogens with zero attached hydrogens (tertiary/aromatic N) is 1. The van der Waals surface area contributed by atoms with Gasteiger partial charge in [-0.1, -0.05) is 13.8 Å². The van der Waals surface area contributed by atoms with Crippen LogP contribution in [0.25, 0.3) is 0 Å². The van der Waals surface area contributed by atoms with Crippen LogP contribution in [-0.2, 0) is 52.7 Å². The van der Waals surface area contributed by atoms with Crippen LogP contribution in [-0.4, -0.2) is 143 Å². The molecule has 0 saturated heterocycles. The number of carbonyl (C=O) groups excluding carboxylic acids is 9. The predicted octanol–water partition coefficient (Wildman–Crippen LogP) is -6.32. The van der Waals surface area contributed by atoms with Crippen LogP contribution in [0.1, 0.15) is 91.4 Å². The van der Waals surface area contributed by atoms with Crippen LogP contribution in [0, 0.1) is 5.92 Å². The second-order valence-corrected chi connectivity index (χ2v) is 15.2. The number of aliphatic carboxylic acids is 2. The maximum Gasteiger partial charge on any atom is 0.326 e. The lowest BCUT2D eigenvalue weighted by Gasteiger charge is -2.26. The number of nitrogens with one attached hydrogen (secondary N) is 7. The summed E-state index contributed by atoms with van der Waals surface area (Å²) in [5.74, 6) is -11.4. The Labute approximate surface area is 369 Å². The Morgan fingerprint density at radius 3 is 1.64 bits per heavy atom. The summed E-state index contributed by atoms with van der Waals surface area (Å²) in [6, 6.07) is -9.84. The molecule has 27 heteroatoms. The highest BCUT2D eigenvalue weighted by atomic mass is 16.4. The number of carboxylic acids is 2. The van der Waals surface area contributed by atoms with Crippen molar-refractivity contribution in [1.82, 2.24) is 37.2 Å². The fraction of sp³-hybridized carbons (Fsp3) is 0.676. The molecule has 0 unspecified atom stereocenters. The van der Waals surface area contributed by atoms with Gasteiger partial charge >= 0.3 is 11.9 Å². The van der Waals surface area contributed by atoms with Gasteiger partial charge in [-0.05, 0) is 70.8 Å². The van der Waals surface area contributed by atoms with Gasteiger partial charge in [0.15, 0.2) is 5.96 Å². The summed E-state index contributed by atoms with van der Waals surface area (Å²) in [5.41, 5.74) is 32.5. The first kappa shape index (κ1) is 57.4. The molecule has 9 amide bonds. The van der Waals surface area contributed by atoms with Gasteiger partial charge in [0.25, 0.3) is 0 Å². The SMILES string of the molecule is CC(C)C[C@H](NC(=O)CNC(=O)[C@H](C)NC(=O)[C@H](CCC(N)=O)NC(=O)[C@@H](N)CCC(=O)O)C(=O)N[C@@H](CC(N)=O)C(=O)N[C@@H](CCCN=C(N)N)C(=O)N[C@@H](CCCCN)C(=O)O. The summed E-state index contributed by atoms with van der Waals surface area (Å²) >= 11 is 0. The molecule has 21 N–H and O–H groups in total. The first-order valence-corrected chi connectivity index (χ1v) is 20.5. The van der Waals surface area contributed by atoms with Gasteiger partial charge in [-0.25, -0.2) is 4.79 Å². The topological polar surface area (TPSA) is 481 Å². The van der Waals surface area contributed by atoms with E-state index in [1.165, 1.54) is 6.92 Å². The van der Waals surface area contributed by atoms with Crippen molar-refractivity contribution in [3.63, 3.8) is 0 Å². The first-order valence-electron chi connectivity index (χ1n) is 20.5. The standard InChI is InChI=1S/C37H66N14O13/c1-18(2)15-24(47-28(54)17-45-30(57)19(3)46-32(59)22(10-11-26(40)52)48-31(58)20(39)9-12-29(55)56)34(61)51-25(16-27(41)53)35(62)49-21(8-6-14-44-37(42)43)33(60)50-23(36(63)64)7-4-5-13-38/h18-25H,4-17,38-39H2,1-3H3,(H2,40,52)(H2,41,53)(H,45,57)(H,46,59)(H,47,54)(H,48,58)(H,49,62)(H,50,60)(H,51,61)(H,55,56)(H,63,64)(H4,42,43,44)/t19-,20-,21-,22-,23-,24-,25-/m0/s1. The highest BCUT2D eigenvalue weighted by Crippen LogP contribution is 2.09. The highest BCUT2D eigenvalue weighted by Gasteiger charge is 2.33. The number of carboxylic acid groups (broad SMARTS) is 2. The average Bonchev–Trinajstić information content (AvgIpc) is 3.19. The van der Waals surface area contributed by atoms with E-state index in [0.717, 1.165) is 0 Å². The van der Waals surface area contributed by atoms with Crippen molar-refractivity contribution in [2.45, 2.75) is 134 Å². The summed E-state index contributed by atoms with van der Waals surface area (Å²) in [6.45, 7) is 4.25. The molecule has 0 aromatic heterocycles. The van der Waals surface area contributed by atoms with Crippen molar-refractivity contribution in [3.05, 3.63) is 0 Å². The maximum atomic E-state index is 13.6. The number of aliphatic imine (C=N–C) groups is 1. The Bertz CT molecular complexity index is 1670. The van der Waals surface area contributed by atoms with Crippen LogP contribution >= 0.6 is 0 Å². The van der Waals surface area contributed by atoms with Gasteiger partial charge in [-0.3, -0.25) is 52.9 Å². The van der Waals surface area contributed by atoms with E-state index >= 15 is 0 Å². The molecule has 7 atom stereocenters. The van der Waals surface area contributed by atoms with Crippen molar-refractivity contribution < 1.29 is 63.0 Å². The molecule has 0 radical (unpaired) electrons. The van der Waals surface area contributed by atoms with Gasteiger partial charge in [0.05, 0.1) is 19.0 Å². The molecule has 0 aromatic rings. The number of hydrogen-bond donors (Lipinski definition) is 15. The monoisotopic (exact) mass is 914 g/mol. The Hall–Kier alpha value is -6.64. The third kappa shape index (κ3) is 25.3. The largest absolute Gasteiger partial charge is 0.481 e. The van der Waals surface area contributed by atoms with Crippen LogP contribution in [0.2, 0.25) is 0 Å². The molecular formula is C37H66N14O13. The smallest absolute Gasteiger partial charge is 0.326 e. The normalized spacial score (nSPS) is 14.1. The number of unbranched alkanes of at least 4 members (excludes halogenated alkanes) is 1. The number of guanidine groups is 1. The molecule has 0 aliphatic heterocycles. The van der Waals surface area contributed by atoms with E-state index in [4.69, 9.17) is 39.5 Å². The highest BCUT2D eigenvalue weighted by molar-refractivity contribution is 5.98. The second kappa shape index (κ2) is 30.4. The Balaban J connectivity index is 5.93. The zero-order valence-electron chi connectivity index (χ0n) is 36.3. The minimum absolute atomic E-state index is 0.0160. The van der Waals surface area contributed by atoms with Crippen LogP contribution in [0.4, 0.5) is 0 Å². The molecule has 0 bridgehead atoms. The quantitative estimate of drug-likeness (QED) is 0.0165. The molecule has 0 aliphatic rings. The number of carbonyl (C=O) groups is 11. The van der Waals surface area contributed by atoms with Crippen molar-refractivity contribution >= 4 is 71.1 Å². The summed E-state index contributed by atoms with van der Waals surface area (Å²) in [4.78, 5) is 142. The lowest BCUT2D eigenvalue weighted by atomic mass is 10.0. The van der Waals surface area contributed by atoms with E-state index in [1.807, 2.05) is 0 Å². The van der Waals surface area contributed by atoms with E-state index in [2.05, 4.69) is 42.2 Å². The fourth-order valence-corrected chi connectivity index (χ4v) is 5.64. The van der Waals surface area contributed by atoms with E-state index in [-0.39, 0.29) is 63.4 Å². The van der Waals surface area contributed by atoms with Gasteiger partial charge < -0.3 is 81.8 Å². The lowest BCUT2D eigenvalue weighted by Crippen LogP contribution is -2.59. The summed E-state index contributed by atoms with van der Waals surface area (Å²) < 4.78 is 0. The van der Waals surface area contributed by atoms with Gasteiger partial charge in [0.1, 0.15) is 36.3 Å². The molecule has 0 spiro atoms. The Kier molecular flexibility index (Phi) is 27.3. The number of rotatable bonds is 33. The average molecular weight is 915 g/mol.